The summed E-state index contributed by atoms with van der Waals surface area (Å²) in [6.45, 7) is 2.32. The lowest BCUT2D eigenvalue weighted by molar-refractivity contribution is -0.137. The summed E-state index contributed by atoms with van der Waals surface area (Å²) in [6, 6.07) is 4.78. The monoisotopic (exact) mass is 478 g/mol. The maximum absolute atomic E-state index is 12.5. The Morgan fingerprint density at radius 3 is 2.50 bits per heavy atom. The molecule has 1 aliphatic heterocycles. The Kier molecular flexibility index (Phi) is 9.81. The number of carbonyl (C=O) groups excluding carboxylic acids is 1. The minimum Gasteiger partial charge on any atom is -0.391 e. The van der Waals surface area contributed by atoms with Gasteiger partial charge in [-0.15, -0.1) is 0 Å². The molecule has 3 rings (SSSR count). The van der Waals surface area contributed by atoms with Gasteiger partial charge in [0.05, 0.1) is 5.56 Å². The summed E-state index contributed by atoms with van der Waals surface area (Å²) in [5, 5.41) is 6.81. The number of aromatic nitrogens is 2. The summed E-state index contributed by atoms with van der Waals surface area (Å²) in [5.41, 5.74) is 0.843. The maximum Gasteiger partial charge on any atom is 0.416 e. The number of alkyl halides is 3. The van der Waals surface area contributed by atoms with E-state index < -0.39 is 11.7 Å². The fourth-order valence-electron chi connectivity index (χ4n) is 3.40. The van der Waals surface area contributed by atoms with Gasteiger partial charge in [-0.25, -0.2) is 9.97 Å². The molecule has 1 fully saturated rings. The van der Waals surface area contributed by atoms with Crippen molar-refractivity contribution in [2.75, 3.05) is 19.8 Å². The zero-order chi connectivity index (χ0) is 24.2. The predicted molar refractivity (Wildman–Crippen MR) is 120 cm³/mol. The third-order valence-electron chi connectivity index (χ3n) is 5.49. The molecule has 0 spiro atoms. The Labute approximate surface area is 196 Å². The molecule has 1 saturated heterocycles. The Bertz CT molecular complexity index is 913. The normalized spacial score (nSPS) is 14.9. The summed E-state index contributed by atoms with van der Waals surface area (Å²) in [5.74, 6) is 1.12. The van der Waals surface area contributed by atoms with Crippen LogP contribution >= 0.6 is 0 Å². The Hall–Kier alpha value is -3.01. The number of amides is 1. The first-order valence-corrected chi connectivity index (χ1v) is 11.3. The molecule has 34 heavy (non-hydrogen) atoms. The molecule has 0 unspecified atom stereocenters. The van der Waals surface area contributed by atoms with Gasteiger partial charge in [0.2, 0.25) is 5.91 Å². The van der Waals surface area contributed by atoms with Crippen LogP contribution in [0.1, 0.15) is 48.2 Å². The summed E-state index contributed by atoms with van der Waals surface area (Å²) >= 11 is 0. The van der Waals surface area contributed by atoms with Crippen molar-refractivity contribution in [1.29, 1.82) is 0 Å². The number of hydrogen-bond donors (Lipinski definition) is 1. The molecule has 184 valence electrons. The summed E-state index contributed by atoms with van der Waals surface area (Å²) in [4.78, 5) is 25.8. The highest BCUT2D eigenvalue weighted by atomic mass is 19.4. The highest BCUT2D eigenvalue weighted by Gasteiger charge is 2.29. The number of hydrogen-bond acceptors (Lipinski definition) is 6. The van der Waals surface area contributed by atoms with Crippen molar-refractivity contribution in [2.24, 2.45) is 11.1 Å². The van der Waals surface area contributed by atoms with Crippen molar-refractivity contribution >= 4 is 12.1 Å². The van der Waals surface area contributed by atoms with Crippen LogP contribution in [0.4, 0.5) is 13.2 Å². The summed E-state index contributed by atoms with van der Waals surface area (Å²) < 4.78 is 43.0. The smallest absolute Gasteiger partial charge is 0.391 e. The molecular weight excluding hydrogens is 449 g/mol. The quantitative estimate of drug-likeness (QED) is 0.388. The zero-order valence-electron chi connectivity index (χ0n) is 18.9. The van der Waals surface area contributed by atoms with Gasteiger partial charge in [0.1, 0.15) is 12.4 Å². The van der Waals surface area contributed by atoms with E-state index in [0.29, 0.717) is 49.5 Å². The van der Waals surface area contributed by atoms with E-state index >= 15 is 0 Å². The van der Waals surface area contributed by atoms with Crippen LogP contribution < -0.4 is 5.32 Å². The maximum atomic E-state index is 12.5. The molecule has 1 aromatic heterocycles. The van der Waals surface area contributed by atoms with Crippen molar-refractivity contribution < 1.29 is 27.5 Å². The number of nitrogens with one attached hydrogen (secondary N) is 1. The van der Waals surface area contributed by atoms with E-state index in [-0.39, 0.29) is 12.5 Å². The van der Waals surface area contributed by atoms with Crippen molar-refractivity contribution in [3.05, 3.63) is 59.2 Å². The third kappa shape index (κ3) is 9.09. The average molecular weight is 479 g/mol. The van der Waals surface area contributed by atoms with Crippen LogP contribution in [0.25, 0.3) is 0 Å². The van der Waals surface area contributed by atoms with Crippen molar-refractivity contribution in [3.63, 3.8) is 0 Å². The van der Waals surface area contributed by atoms with E-state index in [0.717, 1.165) is 43.8 Å². The second kappa shape index (κ2) is 13.0. The molecule has 7 nitrogen and oxygen atoms in total. The van der Waals surface area contributed by atoms with Crippen LogP contribution in [0, 0.1) is 5.92 Å². The largest absolute Gasteiger partial charge is 0.416 e. The first-order chi connectivity index (χ1) is 16.4. The van der Waals surface area contributed by atoms with Crippen LogP contribution in [-0.4, -0.2) is 41.8 Å². The second-order valence-electron chi connectivity index (χ2n) is 8.16. The number of aryl methyl sites for hydroxylation is 2. The molecule has 2 aromatic rings. The topological polar surface area (TPSA) is 85.7 Å². The van der Waals surface area contributed by atoms with Gasteiger partial charge in [-0.05, 0) is 54.9 Å². The molecule has 0 radical (unpaired) electrons. The molecule has 0 bridgehead atoms. The average Bonchev–Trinajstić information content (AvgIpc) is 2.84. The van der Waals surface area contributed by atoms with Crippen LogP contribution in [0.15, 0.2) is 41.8 Å². The van der Waals surface area contributed by atoms with Gasteiger partial charge in [0, 0.05) is 51.2 Å². The van der Waals surface area contributed by atoms with Gasteiger partial charge in [-0.1, -0.05) is 17.3 Å². The van der Waals surface area contributed by atoms with E-state index in [4.69, 9.17) is 9.57 Å². The van der Waals surface area contributed by atoms with Crippen LogP contribution in [0.2, 0.25) is 0 Å². The number of halogens is 3. The van der Waals surface area contributed by atoms with Gasteiger partial charge < -0.3 is 14.9 Å². The van der Waals surface area contributed by atoms with Gasteiger partial charge >= 0.3 is 6.18 Å². The van der Waals surface area contributed by atoms with Crippen molar-refractivity contribution in [1.82, 2.24) is 15.3 Å². The number of ether oxygens (including phenoxy) is 1. The third-order valence-corrected chi connectivity index (χ3v) is 5.49. The molecule has 1 amide bonds. The first kappa shape index (κ1) is 25.6. The fraction of sp³-hybridized carbons (Fsp3) is 0.500. The molecule has 2 heterocycles. The van der Waals surface area contributed by atoms with Gasteiger partial charge in [-0.2, -0.15) is 13.2 Å². The van der Waals surface area contributed by atoms with Crippen LogP contribution in [0.5, 0.6) is 0 Å². The van der Waals surface area contributed by atoms with Crippen LogP contribution in [0.3, 0.4) is 0 Å². The minimum atomic E-state index is -4.35. The lowest BCUT2D eigenvalue weighted by atomic mass is 10.0. The highest BCUT2D eigenvalue weighted by molar-refractivity contribution is 5.76. The van der Waals surface area contributed by atoms with Gasteiger partial charge in [0.15, 0.2) is 0 Å². The van der Waals surface area contributed by atoms with Crippen LogP contribution in [-0.2, 0) is 40.0 Å². The predicted octanol–water partition coefficient (Wildman–Crippen LogP) is 4.11. The van der Waals surface area contributed by atoms with E-state index in [9.17, 15) is 18.0 Å². The van der Waals surface area contributed by atoms with E-state index in [2.05, 4.69) is 20.4 Å². The number of rotatable bonds is 11. The van der Waals surface area contributed by atoms with E-state index in [1.807, 2.05) is 0 Å². The van der Waals surface area contributed by atoms with Crippen molar-refractivity contribution in [2.45, 2.75) is 51.3 Å². The summed E-state index contributed by atoms with van der Waals surface area (Å²) in [7, 11) is 0. The number of oxime groups is 1. The fourth-order valence-corrected chi connectivity index (χ4v) is 3.40. The SMILES string of the molecule is O=C(CCc1ncc(CCC=NOCc2ccc(C(F)(F)F)cc2)cn1)NCC1CCOCC1. The lowest BCUT2D eigenvalue weighted by Crippen LogP contribution is -2.32. The molecule has 0 atom stereocenters. The van der Waals surface area contributed by atoms with Gasteiger partial charge in [0.25, 0.3) is 0 Å². The second-order valence-corrected chi connectivity index (χ2v) is 8.16. The standard InChI is InChI=1S/C24H29F3N4O3/c25-24(26,27)21-5-3-19(4-6-21)17-34-31-11-1-2-20-15-28-22(29-16-20)7-8-23(32)30-14-18-9-12-33-13-10-18/h3-6,11,15-16,18H,1-2,7-10,12-14,17H2,(H,30,32). The number of nitrogens with zero attached hydrogens (tertiary/aromatic N) is 3. The molecule has 1 N–H and O–H groups in total. The molecule has 10 heteroatoms. The molecule has 0 saturated carbocycles. The molecular formula is C24H29F3N4O3. The Balaban J connectivity index is 1.28. The number of carbonyl (C=O) groups is 1. The van der Waals surface area contributed by atoms with E-state index in [1.54, 1.807) is 18.6 Å². The molecule has 1 aromatic carbocycles. The minimum absolute atomic E-state index is 0.00618. The molecule has 0 aliphatic carbocycles. The van der Waals surface area contributed by atoms with E-state index in [1.165, 1.54) is 12.1 Å². The number of benzene rings is 1. The molecule has 1 aliphatic rings. The first-order valence-electron chi connectivity index (χ1n) is 11.3. The lowest BCUT2D eigenvalue weighted by Gasteiger charge is -2.22. The Morgan fingerprint density at radius 2 is 1.82 bits per heavy atom. The van der Waals surface area contributed by atoms with Crippen molar-refractivity contribution in [3.8, 4) is 0 Å². The van der Waals surface area contributed by atoms with Gasteiger partial charge in [-0.3, -0.25) is 4.79 Å². The summed E-state index contributed by atoms with van der Waals surface area (Å²) in [6.07, 6.45) is 4.80. The zero-order valence-corrected chi connectivity index (χ0v) is 18.9. The Morgan fingerprint density at radius 1 is 1.12 bits per heavy atom. The highest BCUT2D eigenvalue weighted by Crippen LogP contribution is 2.29.